The van der Waals surface area contributed by atoms with E-state index in [1.165, 1.54) is 12.8 Å². The molecule has 25 heavy (non-hydrogen) atoms. The van der Waals surface area contributed by atoms with Gasteiger partial charge >= 0.3 is 0 Å². The molecule has 1 saturated carbocycles. The van der Waals surface area contributed by atoms with Crippen molar-refractivity contribution in [2.24, 2.45) is 4.99 Å². The summed E-state index contributed by atoms with van der Waals surface area (Å²) in [7, 11) is 0. The van der Waals surface area contributed by atoms with Crippen LogP contribution in [0.5, 0.6) is 0 Å². The zero-order valence-electron chi connectivity index (χ0n) is 16.3. The van der Waals surface area contributed by atoms with E-state index in [4.69, 9.17) is 9.73 Å². The standard InChI is InChI=1S/C18H37N5O.HI/c1-4-19-18(20-8-5-10-22-12-14-24-15-13-22)21-9-11-23(16(2)3)17-6-7-17;/h16-17H,4-15H2,1-3H3,(H2,19,20,21);1H. The first-order valence-corrected chi connectivity index (χ1v) is 9.78. The molecule has 0 atom stereocenters. The number of halogens is 1. The second-order valence-electron chi connectivity index (χ2n) is 7.06. The van der Waals surface area contributed by atoms with Crippen LogP contribution in [0.2, 0.25) is 0 Å². The lowest BCUT2D eigenvalue weighted by Gasteiger charge is -2.27. The van der Waals surface area contributed by atoms with Gasteiger partial charge in [-0.15, -0.1) is 24.0 Å². The molecule has 0 spiro atoms. The fourth-order valence-corrected chi connectivity index (χ4v) is 3.22. The van der Waals surface area contributed by atoms with E-state index in [2.05, 4.69) is 41.2 Å². The molecule has 1 aliphatic heterocycles. The first-order chi connectivity index (χ1) is 11.7. The van der Waals surface area contributed by atoms with Gasteiger partial charge in [-0.1, -0.05) is 0 Å². The number of ether oxygens (including phenoxy) is 1. The van der Waals surface area contributed by atoms with E-state index in [0.29, 0.717) is 6.04 Å². The van der Waals surface area contributed by atoms with Crippen molar-refractivity contribution in [2.75, 3.05) is 59.0 Å². The van der Waals surface area contributed by atoms with E-state index in [1.54, 1.807) is 0 Å². The van der Waals surface area contributed by atoms with Crippen LogP contribution in [0.3, 0.4) is 0 Å². The third-order valence-electron chi connectivity index (χ3n) is 4.69. The van der Waals surface area contributed by atoms with E-state index in [9.17, 15) is 0 Å². The van der Waals surface area contributed by atoms with Crippen LogP contribution in [0.4, 0.5) is 0 Å². The van der Waals surface area contributed by atoms with Crippen molar-refractivity contribution in [1.82, 2.24) is 20.4 Å². The maximum Gasteiger partial charge on any atom is 0.191 e. The van der Waals surface area contributed by atoms with Crippen molar-refractivity contribution < 1.29 is 4.74 Å². The maximum atomic E-state index is 5.38. The Kier molecular flexibility index (Phi) is 12.0. The van der Waals surface area contributed by atoms with Crippen molar-refractivity contribution in [3.63, 3.8) is 0 Å². The zero-order valence-corrected chi connectivity index (χ0v) is 18.6. The topological polar surface area (TPSA) is 52.1 Å². The first kappa shape index (κ1) is 22.9. The molecule has 1 heterocycles. The molecule has 0 amide bonds. The Morgan fingerprint density at radius 3 is 2.56 bits per heavy atom. The molecule has 148 valence electrons. The van der Waals surface area contributed by atoms with Crippen molar-refractivity contribution in [3.05, 3.63) is 0 Å². The zero-order chi connectivity index (χ0) is 17.2. The number of aliphatic imine (C=N–C) groups is 1. The van der Waals surface area contributed by atoms with Gasteiger partial charge in [0, 0.05) is 57.9 Å². The van der Waals surface area contributed by atoms with E-state index < -0.39 is 0 Å². The lowest BCUT2D eigenvalue weighted by atomic mass is 10.3. The van der Waals surface area contributed by atoms with Crippen LogP contribution in [-0.2, 0) is 4.74 Å². The van der Waals surface area contributed by atoms with Crippen LogP contribution in [0, 0.1) is 0 Å². The summed E-state index contributed by atoms with van der Waals surface area (Å²) >= 11 is 0. The summed E-state index contributed by atoms with van der Waals surface area (Å²) in [5, 5.41) is 6.85. The van der Waals surface area contributed by atoms with E-state index in [1.807, 2.05) is 0 Å². The fourth-order valence-electron chi connectivity index (χ4n) is 3.22. The summed E-state index contributed by atoms with van der Waals surface area (Å²) in [6.07, 6.45) is 3.85. The largest absolute Gasteiger partial charge is 0.379 e. The molecule has 2 fully saturated rings. The average molecular weight is 467 g/mol. The summed E-state index contributed by atoms with van der Waals surface area (Å²) in [5.41, 5.74) is 0. The molecular weight excluding hydrogens is 429 g/mol. The molecule has 0 radical (unpaired) electrons. The van der Waals surface area contributed by atoms with Gasteiger partial charge in [0.1, 0.15) is 0 Å². The second-order valence-corrected chi connectivity index (χ2v) is 7.06. The van der Waals surface area contributed by atoms with Crippen LogP contribution in [0.1, 0.15) is 40.0 Å². The Morgan fingerprint density at radius 1 is 1.24 bits per heavy atom. The second kappa shape index (κ2) is 13.1. The molecule has 1 aliphatic carbocycles. The first-order valence-electron chi connectivity index (χ1n) is 9.78. The fraction of sp³-hybridized carbons (Fsp3) is 0.944. The van der Waals surface area contributed by atoms with Gasteiger partial charge in [-0.25, -0.2) is 0 Å². The molecule has 2 rings (SSSR count). The normalized spacial score (nSPS) is 19.2. The smallest absolute Gasteiger partial charge is 0.191 e. The van der Waals surface area contributed by atoms with Crippen LogP contribution >= 0.6 is 24.0 Å². The third-order valence-corrected chi connectivity index (χ3v) is 4.69. The predicted octanol–water partition coefficient (Wildman–Crippen LogP) is 1.75. The van der Waals surface area contributed by atoms with Gasteiger partial charge in [0.25, 0.3) is 0 Å². The third kappa shape index (κ3) is 9.40. The van der Waals surface area contributed by atoms with E-state index in [0.717, 1.165) is 77.4 Å². The highest BCUT2D eigenvalue weighted by atomic mass is 127. The summed E-state index contributed by atoms with van der Waals surface area (Å²) in [6, 6.07) is 1.45. The highest BCUT2D eigenvalue weighted by Crippen LogP contribution is 2.27. The SMILES string of the molecule is CCNC(=NCCCN1CCOCC1)NCCN(C(C)C)C1CC1.I. The molecular formula is C18H38IN5O. The summed E-state index contributed by atoms with van der Waals surface area (Å²) in [5.74, 6) is 0.957. The van der Waals surface area contributed by atoms with Crippen molar-refractivity contribution in [1.29, 1.82) is 0 Å². The highest BCUT2D eigenvalue weighted by Gasteiger charge is 2.30. The van der Waals surface area contributed by atoms with Crippen LogP contribution < -0.4 is 10.6 Å². The molecule has 2 aliphatic rings. The molecule has 1 saturated heterocycles. The van der Waals surface area contributed by atoms with Gasteiger partial charge in [-0.3, -0.25) is 14.8 Å². The number of morpholine rings is 1. The number of nitrogens with one attached hydrogen (secondary N) is 2. The van der Waals surface area contributed by atoms with E-state index >= 15 is 0 Å². The number of nitrogens with zero attached hydrogens (tertiary/aromatic N) is 3. The quantitative estimate of drug-likeness (QED) is 0.222. The monoisotopic (exact) mass is 467 g/mol. The number of guanidine groups is 1. The van der Waals surface area contributed by atoms with Gasteiger partial charge in [0.05, 0.1) is 13.2 Å². The minimum atomic E-state index is 0. The van der Waals surface area contributed by atoms with Gasteiger partial charge in [0.15, 0.2) is 5.96 Å². The minimum Gasteiger partial charge on any atom is -0.379 e. The van der Waals surface area contributed by atoms with Gasteiger partial charge in [-0.2, -0.15) is 0 Å². The molecule has 0 aromatic heterocycles. The summed E-state index contributed by atoms with van der Waals surface area (Å²) in [6.45, 7) is 15.6. The summed E-state index contributed by atoms with van der Waals surface area (Å²) < 4.78 is 5.38. The predicted molar refractivity (Wildman–Crippen MR) is 116 cm³/mol. The number of hydrogen-bond donors (Lipinski definition) is 2. The number of hydrogen-bond acceptors (Lipinski definition) is 4. The van der Waals surface area contributed by atoms with Gasteiger partial charge < -0.3 is 15.4 Å². The lowest BCUT2D eigenvalue weighted by Crippen LogP contribution is -2.44. The Morgan fingerprint density at radius 2 is 1.96 bits per heavy atom. The maximum absolute atomic E-state index is 5.38. The molecule has 0 aromatic rings. The van der Waals surface area contributed by atoms with E-state index in [-0.39, 0.29) is 24.0 Å². The average Bonchev–Trinajstić information content (AvgIpc) is 3.40. The van der Waals surface area contributed by atoms with Crippen molar-refractivity contribution in [2.45, 2.75) is 52.1 Å². The minimum absolute atomic E-state index is 0. The van der Waals surface area contributed by atoms with Crippen molar-refractivity contribution >= 4 is 29.9 Å². The van der Waals surface area contributed by atoms with Crippen LogP contribution in [0.25, 0.3) is 0 Å². The molecule has 2 N–H and O–H groups in total. The molecule has 0 unspecified atom stereocenters. The Balaban J connectivity index is 0.00000312. The van der Waals surface area contributed by atoms with Gasteiger partial charge in [-0.05, 0) is 40.0 Å². The van der Waals surface area contributed by atoms with Crippen LogP contribution in [-0.4, -0.2) is 86.9 Å². The molecule has 0 aromatic carbocycles. The molecule has 7 heteroatoms. The van der Waals surface area contributed by atoms with Gasteiger partial charge in [0.2, 0.25) is 0 Å². The molecule has 6 nitrogen and oxygen atoms in total. The highest BCUT2D eigenvalue weighted by molar-refractivity contribution is 14.0. The Hall–Kier alpha value is -0.120. The van der Waals surface area contributed by atoms with Crippen molar-refractivity contribution in [3.8, 4) is 0 Å². The Labute approximate surface area is 171 Å². The lowest BCUT2D eigenvalue weighted by molar-refractivity contribution is 0.0377. The Bertz CT molecular complexity index is 368. The molecule has 0 bridgehead atoms. The van der Waals surface area contributed by atoms with Crippen LogP contribution in [0.15, 0.2) is 4.99 Å². The number of rotatable bonds is 10. The summed E-state index contributed by atoms with van der Waals surface area (Å²) in [4.78, 5) is 9.79.